The van der Waals surface area contributed by atoms with Gasteiger partial charge in [0, 0.05) is 12.6 Å². The fourth-order valence-electron chi connectivity index (χ4n) is 5.11. The van der Waals surface area contributed by atoms with Crippen LogP contribution in [0.15, 0.2) is 36.5 Å². The van der Waals surface area contributed by atoms with Crippen LogP contribution in [0.4, 0.5) is 19.0 Å². The van der Waals surface area contributed by atoms with E-state index in [1.807, 2.05) is 13.8 Å². The summed E-state index contributed by atoms with van der Waals surface area (Å²) in [6, 6.07) is 6.43. The molecule has 0 bridgehead atoms. The number of anilines is 1. The average Bonchev–Trinajstić information content (AvgIpc) is 3.63. The van der Waals surface area contributed by atoms with Gasteiger partial charge in [-0.1, -0.05) is 39.5 Å². The Balaban J connectivity index is 1.47. The summed E-state index contributed by atoms with van der Waals surface area (Å²) in [7, 11) is 0. The number of carbonyl (C=O) groups excluding carboxylic acids is 1. The Labute approximate surface area is 231 Å². The largest absolute Gasteiger partial charge is 0.494 e. The summed E-state index contributed by atoms with van der Waals surface area (Å²) in [5, 5.41) is 21.0. The zero-order valence-electron chi connectivity index (χ0n) is 22.9. The number of hydrogen-bond acceptors (Lipinski definition) is 6. The molecular weight excluding hydrogens is 523 g/mol. The van der Waals surface area contributed by atoms with Crippen molar-refractivity contribution in [3.63, 3.8) is 0 Å². The minimum Gasteiger partial charge on any atom is -0.494 e. The van der Waals surface area contributed by atoms with Crippen LogP contribution in [0.5, 0.6) is 5.75 Å². The number of hydrogen-bond donors (Lipinski definition) is 3. The van der Waals surface area contributed by atoms with Gasteiger partial charge in [-0.2, -0.15) is 13.2 Å². The maximum atomic E-state index is 13.9. The molecule has 1 aliphatic carbocycles. The van der Waals surface area contributed by atoms with E-state index in [9.17, 15) is 23.1 Å². The summed E-state index contributed by atoms with van der Waals surface area (Å²) in [6.45, 7) is 4.08. The molecule has 4 rings (SSSR count). The van der Waals surface area contributed by atoms with Crippen LogP contribution in [0.3, 0.4) is 0 Å². The zero-order valence-corrected chi connectivity index (χ0v) is 22.9. The minimum atomic E-state index is -4.60. The molecule has 0 unspecified atom stereocenters. The van der Waals surface area contributed by atoms with E-state index in [4.69, 9.17) is 4.74 Å². The fourth-order valence-corrected chi connectivity index (χ4v) is 5.11. The lowest BCUT2D eigenvalue weighted by molar-refractivity contribution is -0.137. The van der Waals surface area contributed by atoms with E-state index in [-0.39, 0.29) is 35.1 Å². The second-order valence-corrected chi connectivity index (χ2v) is 10.4. The maximum absolute atomic E-state index is 13.9. The van der Waals surface area contributed by atoms with E-state index in [2.05, 4.69) is 25.5 Å². The van der Waals surface area contributed by atoms with Gasteiger partial charge in [0.25, 0.3) is 5.91 Å². The van der Waals surface area contributed by atoms with Crippen LogP contribution >= 0.6 is 0 Å². The molecule has 0 aliphatic heterocycles. The first kappa shape index (κ1) is 29.5. The number of pyridine rings is 1. The molecule has 40 heavy (non-hydrogen) atoms. The van der Waals surface area contributed by atoms with Crippen LogP contribution in [-0.4, -0.2) is 43.4 Å². The van der Waals surface area contributed by atoms with Gasteiger partial charge >= 0.3 is 6.18 Å². The maximum Gasteiger partial charge on any atom is 0.417 e. The SMILES string of the molecule is CCC(O)(CC)CCCOc1ccc(C(F)(F)F)c(-c2ccnc(NC(=O)c3nnc(CC4CCCC4)[nH]3)c2)c1. The number of aliphatic hydroxyl groups is 1. The summed E-state index contributed by atoms with van der Waals surface area (Å²) in [5.74, 6) is 0.958. The monoisotopic (exact) mass is 559 g/mol. The first-order chi connectivity index (χ1) is 19.1. The quantitative estimate of drug-likeness (QED) is 0.216. The summed E-state index contributed by atoms with van der Waals surface area (Å²) < 4.78 is 47.4. The predicted octanol–water partition coefficient (Wildman–Crippen LogP) is 6.58. The molecule has 1 saturated carbocycles. The van der Waals surface area contributed by atoms with Gasteiger partial charge in [0.2, 0.25) is 5.82 Å². The molecule has 11 heteroatoms. The number of H-pyrrole nitrogens is 1. The third-order valence-electron chi connectivity index (χ3n) is 7.69. The molecule has 1 amide bonds. The summed E-state index contributed by atoms with van der Waals surface area (Å²) in [4.78, 5) is 19.8. The third-order valence-corrected chi connectivity index (χ3v) is 7.69. The van der Waals surface area contributed by atoms with E-state index >= 15 is 0 Å². The van der Waals surface area contributed by atoms with E-state index in [1.165, 1.54) is 43.3 Å². The minimum absolute atomic E-state index is 0.0182. The third kappa shape index (κ3) is 7.59. The molecule has 2 heterocycles. The van der Waals surface area contributed by atoms with Crippen LogP contribution in [0.2, 0.25) is 0 Å². The van der Waals surface area contributed by atoms with E-state index in [1.54, 1.807) is 0 Å². The number of nitrogens with zero attached hydrogens (tertiary/aromatic N) is 3. The second kappa shape index (κ2) is 12.8. The number of aromatic amines is 1. The average molecular weight is 560 g/mol. The zero-order chi connectivity index (χ0) is 28.8. The molecular formula is C29H36F3N5O3. The Morgan fingerprint density at radius 2 is 1.88 bits per heavy atom. The lowest BCUT2D eigenvalue weighted by Gasteiger charge is -2.25. The van der Waals surface area contributed by atoms with Crippen molar-refractivity contribution in [2.24, 2.45) is 5.92 Å². The van der Waals surface area contributed by atoms with E-state index in [0.717, 1.165) is 25.3 Å². The highest BCUT2D eigenvalue weighted by atomic mass is 19.4. The smallest absolute Gasteiger partial charge is 0.417 e. The Morgan fingerprint density at radius 1 is 1.12 bits per heavy atom. The number of ether oxygens (including phenoxy) is 1. The Morgan fingerprint density at radius 3 is 2.58 bits per heavy atom. The lowest BCUT2D eigenvalue weighted by atomic mass is 9.92. The van der Waals surface area contributed by atoms with Gasteiger partial charge in [-0.3, -0.25) is 4.79 Å². The van der Waals surface area contributed by atoms with Gasteiger partial charge in [0.1, 0.15) is 17.4 Å². The topological polar surface area (TPSA) is 113 Å². The number of benzene rings is 1. The van der Waals surface area contributed by atoms with Crippen LogP contribution in [0.1, 0.15) is 87.2 Å². The van der Waals surface area contributed by atoms with Crippen molar-refractivity contribution in [1.29, 1.82) is 0 Å². The predicted molar refractivity (Wildman–Crippen MR) is 145 cm³/mol. The summed E-state index contributed by atoms with van der Waals surface area (Å²) in [5.41, 5.74) is -1.48. The standard InChI is InChI=1S/C29H36F3N5O3/c1-3-28(39,4-2)13-7-15-40-21-10-11-23(29(30,31)32)22(18-21)20-12-14-33-24(17-20)35-27(38)26-34-25(36-37-26)16-19-8-5-6-9-19/h10-12,14,17-19,39H,3-9,13,15-16H2,1-2H3,(H,33,35,38)(H,34,36,37). The molecule has 3 N–H and O–H groups in total. The number of aromatic nitrogens is 4. The van der Waals surface area contributed by atoms with Gasteiger partial charge < -0.3 is 20.1 Å². The molecule has 0 spiro atoms. The van der Waals surface area contributed by atoms with Crippen molar-refractivity contribution in [2.75, 3.05) is 11.9 Å². The lowest BCUT2D eigenvalue weighted by Crippen LogP contribution is -2.26. The second-order valence-electron chi connectivity index (χ2n) is 10.4. The van der Waals surface area contributed by atoms with Crippen molar-refractivity contribution >= 4 is 11.7 Å². The van der Waals surface area contributed by atoms with Gasteiger partial charge in [0.05, 0.1) is 17.8 Å². The van der Waals surface area contributed by atoms with Gasteiger partial charge in [0.15, 0.2) is 0 Å². The van der Waals surface area contributed by atoms with Crippen molar-refractivity contribution < 1.29 is 27.8 Å². The van der Waals surface area contributed by atoms with Gasteiger partial charge in [-0.25, -0.2) is 4.98 Å². The molecule has 0 radical (unpaired) electrons. The van der Waals surface area contributed by atoms with Crippen molar-refractivity contribution in [2.45, 2.75) is 83.4 Å². The Kier molecular flexibility index (Phi) is 9.44. The molecule has 2 aromatic heterocycles. The molecule has 8 nitrogen and oxygen atoms in total. The molecule has 1 fully saturated rings. The normalized spacial score (nSPS) is 14.4. The molecule has 216 valence electrons. The highest BCUT2D eigenvalue weighted by Gasteiger charge is 2.34. The van der Waals surface area contributed by atoms with Crippen molar-refractivity contribution in [3.8, 4) is 16.9 Å². The van der Waals surface area contributed by atoms with Gasteiger partial charge in [-0.05, 0) is 73.1 Å². The Hall–Kier alpha value is -3.47. The van der Waals surface area contributed by atoms with E-state index in [0.29, 0.717) is 37.4 Å². The molecule has 3 aromatic rings. The first-order valence-corrected chi connectivity index (χ1v) is 13.9. The van der Waals surface area contributed by atoms with Crippen LogP contribution < -0.4 is 10.1 Å². The van der Waals surface area contributed by atoms with Crippen LogP contribution in [0.25, 0.3) is 11.1 Å². The number of amides is 1. The Bertz CT molecular complexity index is 1280. The molecule has 1 aliphatic rings. The molecule has 0 atom stereocenters. The summed E-state index contributed by atoms with van der Waals surface area (Å²) >= 11 is 0. The number of nitrogens with one attached hydrogen (secondary N) is 2. The first-order valence-electron chi connectivity index (χ1n) is 13.9. The highest BCUT2D eigenvalue weighted by molar-refractivity contribution is 6.01. The highest BCUT2D eigenvalue weighted by Crippen LogP contribution is 2.39. The number of carbonyl (C=O) groups is 1. The van der Waals surface area contributed by atoms with Gasteiger partial charge in [-0.15, -0.1) is 10.2 Å². The summed E-state index contributed by atoms with van der Waals surface area (Å²) in [6.07, 6.45) is 4.44. The number of rotatable bonds is 12. The number of alkyl halides is 3. The van der Waals surface area contributed by atoms with Crippen LogP contribution in [-0.2, 0) is 12.6 Å². The van der Waals surface area contributed by atoms with E-state index < -0.39 is 23.2 Å². The molecule has 0 saturated heterocycles. The fraction of sp³-hybridized carbons (Fsp3) is 0.517. The van der Waals surface area contributed by atoms with Crippen molar-refractivity contribution in [1.82, 2.24) is 20.2 Å². The van der Waals surface area contributed by atoms with Crippen LogP contribution in [0, 0.1) is 5.92 Å². The number of halogens is 3. The van der Waals surface area contributed by atoms with Crippen molar-refractivity contribution in [3.05, 3.63) is 53.7 Å². The molecule has 1 aromatic carbocycles.